The first kappa shape index (κ1) is 11.6. The summed E-state index contributed by atoms with van der Waals surface area (Å²) in [5.74, 6) is 0.550. The Morgan fingerprint density at radius 1 is 1.53 bits per heavy atom. The summed E-state index contributed by atoms with van der Waals surface area (Å²) in [4.78, 5) is 0. The van der Waals surface area contributed by atoms with Crippen molar-refractivity contribution in [1.29, 1.82) is 5.26 Å². The number of unbranched alkanes of at least 4 members (excludes halogenated alkanes) is 1. The molecule has 0 saturated heterocycles. The van der Waals surface area contributed by atoms with Crippen molar-refractivity contribution in [2.45, 2.75) is 12.8 Å². The van der Waals surface area contributed by atoms with Gasteiger partial charge in [0, 0.05) is 0 Å². The molecular weight excluding hydrogens is 210 g/mol. The highest BCUT2D eigenvalue weighted by Gasteiger charge is 2.06. The lowest BCUT2D eigenvalue weighted by molar-refractivity contribution is 0.311. The zero-order chi connectivity index (χ0) is 11.1. The van der Waals surface area contributed by atoms with E-state index in [1.807, 2.05) is 12.1 Å². The Kier molecular flexibility index (Phi) is 4.73. The smallest absolute Gasteiger partial charge is 0.138 e. The number of nitrogens with zero attached hydrogens (tertiary/aromatic N) is 1. The molecule has 0 fully saturated rings. The Balaban J connectivity index is 2.65. The van der Waals surface area contributed by atoms with Gasteiger partial charge in [0.15, 0.2) is 0 Å². The van der Waals surface area contributed by atoms with E-state index in [4.69, 9.17) is 21.6 Å². The molecule has 0 heterocycles. The Labute approximate surface area is 94.7 Å². The number of benzene rings is 1. The molecule has 0 aromatic heterocycles. The normalized spacial score (nSPS) is 9.33. The van der Waals surface area contributed by atoms with Crippen molar-refractivity contribution >= 4 is 11.6 Å². The van der Waals surface area contributed by atoms with Gasteiger partial charge in [0.1, 0.15) is 17.4 Å². The third kappa shape index (κ3) is 3.30. The fourth-order valence-corrected chi connectivity index (χ4v) is 1.35. The van der Waals surface area contributed by atoms with E-state index in [1.165, 1.54) is 0 Å². The summed E-state index contributed by atoms with van der Waals surface area (Å²) in [6.07, 6.45) is 3.63. The van der Waals surface area contributed by atoms with E-state index in [0.717, 1.165) is 12.8 Å². The Bertz CT molecular complexity index is 382. The molecule has 0 aliphatic carbocycles. The standard InChI is InChI=1S/C12H12ClNO/c1-2-3-4-8-15-12-7-5-6-11(13)10(12)9-14/h2,5-7H,1,3-4,8H2. The summed E-state index contributed by atoms with van der Waals surface area (Å²) in [5.41, 5.74) is 0.401. The van der Waals surface area contributed by atoms with E-state index in [0.29, 0.717) is 22.9 Å². The molecule has 3 heteroatoms. The molecule has 0 unspecified atom stereocenters. The predicted molar refractivity (Wildman–Crippen MR) is 61.1 cm³/mol. The minimum Gasteiger partial charge on any atom is -0.492 e. The number of rotatable bonds is 5. The molecule has 78 valence electrons. The predicted octanol–water partition coefficient (Wildman–Crippen LogP) is 3.56. The van der Waals surface area contributed by atoms with E-state index >= 15 is 0 Å². The van der Waals surface area contributed by atoms with Gasteiger partial charge in [-0.1, -0.05) is 23.7 Å². The lowest BCUT2D eigenvalue weighted by Gasteiger charge is -2.07. The summed E-state index contributed by atoms with van der Waals surface area (Å²) < 4.78 is 5.46. The second-order valence-electron chi connectivity index (χ2n) is 3.00. The van der Waals surface area contributed by atoms with Crippen LogP contribution in [0.25, 0.3) is 0 Å². The fourth-order valence-electron chi connectivity index (χ4n) is 1.14. The van der Waals surface area contributed by atoms with Gasteiger partial charge in [-0.15, -0.1) is 6.58 Å². The van der Waals surface area contributed by atoms with Crippen molar-refractivity contribution in [3.63, 3.8) is 0 Å². The number of allylic oxidation sites excluding steroid dienone is 1. The Hall–Kier alpha value is -1.46. The third-order valence-electron chi connectivity index (χ3n) is 1.90. The second kappa shape index (κ2) is 6.10. The van der Waals surface area contributed by atoms with Crippen LogP contribution in [-0.2, 0) is 0 Å². The van der Waals surface area contributed by atoms with Gasteiger partial charge in [-0.05, 0) is 25.0 Å². The average molecular weight is 222 g/mol. The van der Waals surface area contributed by atoms with Gasteiger partial charge in [0.05, 0.1) is 11.6 Å². The van der Waals surface area contributed by atoms with Gasteiger partial charge in [-0.3, -0.25) is 0 Å². The highest BCUT2D eigenvalue weighted by Crippen LogP contribution is 2.25. The van der Waals surface area contributed by atoms with Gasteiger partial charge in [0.25, 0.3) is 0 Å². The maximum absolute atomic E-state index is 8.87. The van der Waals surface area contributed by atoms with Crippen molar-refractivity contribution in [2.24, 2.45) is 0 Å². The molecule has 1 aromatic carbocycles. The molecule has 0 atom stereocenters. The number of hydrogen-bond acceptors (Lipinski definition) is 2. The van der Waals surface area contributed by atoms with E-state index in [2.05, 4.69) is 6.58 Å². The monoisotopic (exact) mass is 221 g/mol. The van der Waals surface area contributed by atoms with Crippen molar-refractivity contribution in [1.82, 2.24) is 0 Å². The van der Waals surface area contributed by atoms with Crippen LogP contribution < -0.4 is 4.74 Å². The SMILES string of the molecule is C=CCCCOc1cccc(Cl)c1C#N. The third-order valence-corrected chi connectivity index (χ3v) is 2.21. The molecule has 0 spiro atoms. The van der Waals surface area contributed by atoms with Crippen molar-refractivity contribution in [3.8, 4) is 11.8 Å². The fraction of sp³-hybridized carbons (Fsp3) is 0.250. The maximum atomic E-state index is 8.87. The Morgan fingerprint density at radius 3 is 3.00 bits per heavy atom. The molecule has 0 amide bonds. The number of nitriles is 1. The highest BCUT2D eigenvalue weighted by molar-refractivity contribution is 6.31. The van der Waals surface area contributed by atoms with Crippen molar-refractivity contribution in [2.75, 3.05) is 6.61 Å². The minimum atomic E-state index is 0.401. The van der Waals surface area contributed by atoms with Gasteiger partial charge in [-0.2, -0.15) is 5.26 Å². The molecule has 0 radical (unpaired) electrons. The first-order chi connectivity index (χ1) is 7.29. The number of halogens is 1. The van der Waals surface area contributed by atoms with Crippen molar-refractivity contribution in [3.05, 3.63) is 41.4 Å². The molecule has 15 heavy (non-hydrogen) atoms. The lowest BCUT2D eigenvalue weighted by Crippen LogP contribution is -1.98. The maximum Gasteiger partial charge on any atom is 0.138 e. The number of hydrogen-bond donors (Lipinski definition) is 0. The zero-order valence-corrected chi connectivity index (χ0v) is 9.13. The molecule has 1 aromatic rings. The first-order valence-corrected chi connectivity index (χ1v) is 5.09. The van der Waals surface area contributed by atoms with Crippen LogP contribution >= 0.6 is 11.6 Å². The molecule has 0 aliphatic heterocycles. The minimum absolute atomic E-state index is 0.401. The second-order valence-corrected chi connectivity index (χ2v) is 3.41. The molecule has 0 saturated carbocycles. The van der Waals surface area contributed by atoms with Crippen LogP contribution in [0.15, 0.2) is 30.9 Å². The molecule has 0 N–H and O–H groups in total. The van der Waals surface area contributed by atoms with Crippen LogP contribution in [0, 0.1) is 11.3 Å². The first-order valence-electron chi connectivity index (χ1n) is 4.72. The molecule has 1 rings (SSSR count). The van der Waals surface area contributed by atoms with Crippen LogP contribution in [-0.4, -0.2) is 6.61 Å². The van der Waals surface area contributed by atoms with Gasteiger partial charge < -0.3 is 4.74 Å². The zero-order valence-electron chi connectivity index (χ0n) is 8.37. The van der Waals surface area contributed by atoms with Gasteiger partial charge >= 0.3 is 0 Å². The summed E-state index contributed by atoms with van der Waals surface area (Å²) >= 11 is 5.85. The summed E-state index contributed by atoms with van der Waals surface area (Å²) in [7, 11) is 0. The highest BCUT2D eigenvalue weighted by atomic mass is 35.5. The van der Waals surface area contributed by atoms with E-state index in [1.54, 1.807) is 18.2 Å². The van der Waals surface area contributed by atoms with E-state index in [-0.39, 0.29) is 0 Å². The summed E-state index contributed by atoms with van der Waals surface area (Å²) in [5, 5.41) is 9.30. The summed E-state index contributed by atoms with van der Waals surface area (Å²) in [6, 6.07) is 7.22. The van der Waals surface area contributed by atoms with Crippen LogP contribution in [0.5, 0.6) is 5.75 Å². The van der Waals surface area contributed by atoms with E-state index < -0.39 is 0 Å². The molecule has 0 aliphatic rings. The van der Waals surface area contributed by atoms with Crippen molar-refractivity contribution < 1.29 is 4.74 Å². The lowest BCUT2D eigenvalue weighted by atomic mass is 10.2. The number of ether oxygens (including phenoxy) is 1. The van der Waals surface area contributed by atoms with Crippen LogP contribution in [0.3, 0.4) is 0 Å². The Morgan fingerprint density at radius 2 is 2.33 bits per heavy atom. The van der Waals surface area contributed by atoms with Crippen LogP contribution in [0.1, 0.15) is 18.4 Å². The van der Waals surface area contributed by atoms with Gasteiger partial charge in [-0.25, -0.2) is 0 Å². The van der Waals surface area contributed by atoms with Crippen LogP contribution in [0.2, 0.25) is 5.02 Å². The van der Waals surface area contributed by atoms with E-state index in [9.17, 15) is 0 Å². The molecule has 2 nitrogen and oxygen atoms in total. The quantitative estimate of drug-likeness (QED) is 0.563. The topological polar surface area (TPSA) is 33.0 Å². The van der Waals surface area contributed by atoms with Gasteiger partial charge in [0.2, 0.25) is 0 Å². The molecule has 0 bridgehead atoms. The summed E-state index contributed by atoms with van der Waals surface area (Å²) in [6.45, 7) is 4.19. The largest absolute Gasteiger partial charge is 0.492 e. The van der Waals surface area contributed by atoms with Crippen LogP contribution in [0.4, 0.5) is 0 Å². The molecular formula is C12H12ClNO. The average Bonchev–Trinajstić information content (AvgIpc) is 2.24.